The van der Waals surface area contributed by atoms with E-state index in [4.69, 9.17) is 0 Å². The van der Waals surface area contributed by atoms with E-state index in [1.54, 1.807) is 16.8 Å². The first-order valence-corrected chi connectivity index (χ1v) is 14.6. The highest BCUT2D eigenvalue weighted by molar-refractivity contribution is 5.33. The second-order valence-electron chi connectivity index (χ2n) is 13.7. The molecule has 3 unspecified atom stereocenters. The van der Waals surface area contributed by atoms with Gasteiger partial charge in [0.15, 0.2) is 5.69 Å². The molecular formula is C30H36F4N4. The SMILES string of the molecule is Fc1ccc(Cn2nc(C(F)(F)F)c3c2CN(C24CC5CC(CC(C5)C2C2CC5(CNC5)C2)C4)CC3)cc1. The summed E-state index contributed by atoms with van der Waals surface area (Å²) >= 11 is 0. The zero-order valence-corrected chi connectivity index (χ0v) is 21.7. The van der Waals surface area contributed by atoms with Crippen molar-refractivity contribution in [1.29, 1.82) is 0 Å². The Kier molecular flexibility index (Phi) is 5.07. The van der Waals surface area contributed by atoms with Crippen LogP contribution < -0.4 is 5.32 Å². The van der Waals surface area contributed by atoms with Crippen molar-refractivity contribution in [2.45, 2.75) is 76.2 Å². The number of nitrogens with zero attached hydrogens (tertiary/aromatic N) is 3. The highest BCUT2D eigenvalue weighted by Crippen LogP contribution is 2.67. The number of fused-ring (bicyclic) bond motifs is 1. The van der Waals surface area contributed by atoms with Gasteiger partial charge in [0.05, 0.1) is 12.2 Å². The first-order chi connectivity index (χ1) is 18.2. The molecule has 9 rings (SSSR count). The monoisotopic (exact) mass is 528 g/mol. The third kappa shape index (κ3) is 3.51. The fourth-order valence-electron chi connectivity index (χ4n) is 10.4. The Bertz CT molecular complexity index is 1220. The van der Waals surface area contributed by atoms with Crippen molar-refractivity contribution < 1.29 is 17.6 Å². The summed E-state index contributed by atoms with van der Waals surface area (Å²) in [5.41, 5.74) is 1.79. The van der Waals surface area contributed by atoms with Crippen LogP contribution in [-0.4, -0.2) is 39.9 Å². The van der Waals surface area contributed by atoms with Crippen LogP contribution in [0.5, 0.6) is 0 Å². The standard InChI is InChI=1S/C30H36F4N4/c31-23-3-1-18(2-4-23)14-38-25-15-37(6-5-24(25)27(36-38)30(32,33)34)29-10-19-7-20(11-29)9-21(8-19)26(29)22-12-28(13-22)16-35-17-28/h1-4,19-22,26,35H,5-17H2. The summed E-state index contributed by atoms with van der Waals surface area (Å²) in [5.74, 6) is 3.44. The number of rotatable bonds is 4. The van der Waals surface area contributed by atoms with Crippen molar-refractivity contribution in [3.8, 4) is 0 Å². The molecule has 5 aliphatic carbocycles. The van der Waals surface area contributed by atoms with Gasteiger partial charge in [0.2, 0.25) is 0 Å². The van der Waals surface area contributed by atoms with E-state index in [0.717, 1.165) is 48.0 Å². The number of hydrogen-bond donors (Lipinski definition) is 1. The van der Waals surface area contributed by atoms with E-state index in [1.807, 2.05) is 0 Å². The lowest BCUT2D eigenvalue weighted by Gasteiger charge is -2.70. The molecule has 1 N–H and O–H groups in total. The van der Waals surface area contributed by atoms with Gasteiger partial charge in [0, 0.05) is 37.3 Å². The van der Waals surface area contributed by atoms with Crippen LogP contribution in [0.25, 0.3) is 0 Å². The molecule has 2 aromatic rings. The molecule has 4 bridgehead atoms. The van der Waals surface area contributed by atoms with Crippen LogP contribution in [0.3, 0.4) is 0 Å². The fraction of sp³-hybridized carbons (Fsp3) is 0.700. The maximum Gasteiger partial charge on any atom is 0.435 e. The number of aromatic nitrogens is 2. The number of nitrogens with one attached hydrogen (secondary N) is 1. The second kappa shape index (κ2) is 8.06. The zero-order chi connectivity index (χ0) is 25.9. The van der Waals surface area contributed by atoms with E-state index >= 15 is 0 Å². The van der Waals surface area contributed by atoms with Crippen LogP contribution in [0.2, 0.25) is 0 Å². The van der Waals surface area contributed by atoms with Crippen molar-refractivity contribution in [1.82, 2.24) is 20.0 Å². The molecule has 0 amide bonds. The van der Waals surface area contributed by atoms with Crippen molar-refractivity contribution in [3.05, 3.63) is 52.6 Å². The van der Waals surface area contributed by atoms with Gasteiger partial charge in [-0.1, -0.05) is 12.1 Å². The van der Waals surface area contributed by atoms with E-state index in [-0.39, 0.29) is 17.9 Å². The van der Waals surface area contributed by atoms with Gasteiger partial charge in [-0.2, -0.15) is 18.3 Å². The zero-order valence-electron chi connectivity index (χ0n) is 21.7. The summed E-state index contributed by atoms with van der Waals surface area (Å²) < 4.78 is 57.3. The summed E-state index contributed by atoms with van der Waals surface area (Å²) in [7, 11) is 0. The minimum absolute atomic E-state index is 0.124. The molecule has 4 nitrogen and oxygen atoms in total. The van der Waals surface area contributed by atoms with Crippen molar-refractivity contribution in [2.75, 3.05) is 19.6 Å². The van der Waals surface area contributed by atoms with Crippen molar-refractivity contribution in [3.63, 3.8) is 0 Å². The Morgan fingerprint density at radius 2 is 1.66 bits per heavy atom. The molecule has 8 heteroatoms. The third-order valence-corrected chi connectivity index (χ3v) is 11.5. The molecule has 2 aliphatic heterocycles. The first-order valence-electron chi connectivity index (χ1n) is 14.6. The molecule has 1 spiro atoms. The van der Waals surface area contributed by atoms with E-state index in [0.29, 0.717) is 36.4 Å². The van der Waals surface area contributed by atoms with Gasteiger partial charge in [-0.05, 0) is 104 Å². The third-order valence-electron chi connectivity index (χ3n) is 11.5. The van der Waals surface area contributed by atoms with Gasteiger partial charge in [-0.3, -0.25) is 9.58 Å². The predicted octanol–water partition coefficient (Wildman–Crippen LogP) is 5.64. The maximum atomic E-state index is 14.1. The highest BCUT2D eigenvalue weighted by Gasteiger charge is 2.64. The summed E-state index contributed by atoms with van der Waals surface area (Å²) in [5, 5.41) is 7.63. The quantitative estimate of drug-likeness (QED) is 0.522. The molecule has 7 aliphatic rings. The molecule has 1 aromatic carbocycles. The second-order valence-corrected chi connectivity index (χ2v) is 13.7. The summed E-state index contributed by atoms with van der Waals surface area (Å²) in [6, 6.07) is 6.03. The number of halogens is 4. The van der Waals surface area contributed by atoms with Crippen LogP contribution in [0, 0.1) is 40.8 Å². The average Bonchev–Trinajstić information content (AvgIpc) is 3.18. The molecule has 5 saturated carbocycles. The van der Waals surface area contributed by atoms with Crippen LogP contribution in [0.1, 0.15) is 67.5 Å². The average molecular weight is 529 g/mol. The molecule has 3 atom stereocenters. The fourth-order valence-corrected chi connectivity index (χ4v) is 10.4. The Hall–Kier alpha value is -1.93. The van der Waals surface area contributed by atoms with Crippen LogP contribution in [0.15, 0.2) is 24.3 Å². The molecule has 1 saturated heterocycles. The molecule has 204 valence electrons. The number of benzene rings is 1. The Morgan fingerprint density at radius 3 is 2.29 bits per heavy atom. The van der Waals surface area contributed by atoms with E-state index in [2.05, 4.69) is 15.3 Å². The van der Waals surface area contributed by atoms with E-state index in [9.17, 15) is 17.6 Å². The lowest BCUT2D eigenvalue weighted by molar-refractivity contribution is -0.189. The Labute approximate surface area is 221 Å². The van der Waals surface area contributed by atoms with Crippen LogP contribution in [0.4, 0.5) is 17.6 Å². The summed E-state index contributed by atoms with van der Waals surface area (Å²) in [4.78, 5) is 2.64. The summed E-state index contributed by atoms with van der Waals surface area (Å²) in [6.45, 7) is 3.79. The van der Waals surface area contributed by atoms with Gasteiger partial charge in [0.1, 0.15) is 5.82 Å². The van der Waals surface area contributed by atoms with E-state index < -0.39 is 11.9 Å². The van der Waals surface area contributed by atoms with Gasteiger partial charge < -0.3 is 5.32 Å². The highest BCUT2D eigenvalue weighted by atomic mass is 19.4. The van der Waals surface area contributed by atoms with Crippen LogP contribution in [-0.2, 0) is 25.7 Å². The lowest BCUT2D eigenvalue weighted by atomic mass is 9.41. The number of hydrogen-bond acceptors (Lipinski definition) is 3. The molecule has 1 aromatic heterocycles. The topological polar surface area (TPSA) is 33.1 Å². The summed E-state index contributed by atoms with van der Waals surface area (Å²) in [6.07, 6.45) is 5.12. The van der Waals surface area contributed by atoms with Crippen LogP contribution >= 0.6 is 0 Å². The minimum atomic E-state index is -4.47. The van der Waals surface area contributed by atoms with Gasteiger partial charge in [-0.15, -0.1) is 0 Å². The smallest absolute Gasteiger partial charge is 0.316 e. The maximum absolute atomic E-state index is 14.1. The Balaban J connectivity index is 1.14. The first kappa shape index (κ1) is 23.9. The largest absolute Gasteiger partial charge is 0.435 e. The predicted molar refractivity (Wildman–Crippen MR) is 135 cm³/mol. The number of alkyl halides is 3. The normalized spacial score (nSPS) is 35.8. The van der Waals surface area contributed by atoms with Gasteiger partial charge >= 0.3 is 6.18 Å². The minimum Gasteiger partial charge on any atom is -0.316 e. The van der Waals surface area contributed by atoms with Gasteiger partial charge in [-0.25, -0.2) is 4.39 Å². The van der Waals surface area contributed by atoms with E-state index in [1.165, 1.54) is 57.1 Å². The molecular weight excluding hydrogens is 492 g/mol. The lowest BCUT2D eigenvalue weighted by Crippen LogP contribution is -2.71. The van der Waals surface area contributed by atoms with Crippen molar-refractivity contribution >= 4 is 0 Å². The Morgan fingerprint density at radius 1 is 0.947 bits per heavy atom. The van der Waals surface area contributed by atoms with Gasteiger partial charge in [0.25, 0.3) is 0 Å². The molecule has 0 radical (unpaired) electrons. The molecule has 38 heavy (non-hydrogen) atoms. The molecule has 3 heterocycles. The van der Waals surface area contributed by atoms with Crippen molar-refractivity contribution in [2.24, 2.45) is 35.0 Å². The molecule has 6 fully saturated rings.